The highest BCUT2D eigenvalue weighted by atomic mass is 79.9. The lowest BCUT2D eigenvalue weighted by molar-refractivity contribution is -0.384. The summed E-state index contributed by atoms with van der Waals surface area (Å²) in [4.78, 5) is 46.4. The molecule has 2 aliphatic heterocycles. The van der Waals surface area contributed by atoms with Crippen LogP contribution in [0.3, 0.4) is 0 Å². The highest BCUT2D eigenvalue weighted by Gasteiger charge is 2.50. The molecular formula is C25H30BrF2N7O5. The number of methoxy groups -OCH3 is 1. The zero-order valence-corrected chi connectivity index (χ0v) is 23.6. The van der Waals surface area contributed by atoms with Crippen LogP contribution in [0.1, 0.15) is 20.7 Å². The van der Waals surface area contributed by atoms with Crippen LogP contribution >= 0.6 is 15.9 Å². The minimum Gasteiger partial charge on any atom is -0.387 e. The van der Waals surface area contributed by atoms with E-state index in [4.69, 9.17) is 4.74 Å². The molecule has 40 heavy (non-hydrogen) atoms. The van der Waals surface area contributed by atoms with Crippen LogP contribution in [0.15, 0.2) is 35.1 Å². The second kappa shape index (κ2) is 12.4. The van der Waals surface area contributed by atoms with Crippen molar-refractivity contribution in [3.63, 3.8) is 0 Å². The molecule has 0 aliphatic carbocycles. The fraction of sp³-hybridized carbons (Fsp3) is 0.480. The van der Waals surface area contributed by atoms with Crippen molar-refractivity contribution in [3.8, 4) is 0 Å². The van der Waals surface area contributed by atoms with Crippen LogP contribution < -0.4 is 10.6 Å². The second-order valence-corrected chi connectivity index (χ2v) is 10.5. The van der Waals surface area contributed by atoms with Gasteiger partial charge in [-0.2, -0.15) is 0 Å². The van der Waals surface area contributed by atoms with Crippen molar-refractivity contribution < 1.29 is 28.0 Å². The number of nitro groups is 1. The molecule has 2 saturated heterocycles. The van der Waals surface area contributed by atoms with Gasteiger partial charge in [0, 0.05) is 76.4 Å². The lowest BCUT2D eigenvalue weighted by Gasteiger charge is -2.35. The number of nitrogens with zero attached hydrogens (tertiary/aromatic N) is 5. The number of nitrogens with one attached hydrogen (secondary N) is 2. The molecule has 0 spiro atoms. The number of piperazine rings is 1. The minimum atomic E-state index is -3.43. The van der Waals surface area contributed by atoms with Gasteiger partial charge in [-0.3, -0.25) is 29.6 Å². The Morgan fingerprint density at radius 3 is 2.55 bits per heavy atom. The van der Waals surface area contributed by atoms with E-state index < -0.39 is 47.5 Å². The SMILES string of the molecule is CNc1cncc(C(=O)N2CC(Nc3c(C(=O)N4CCN(CCOC)CC4)cc(Br)cc3[N+](=O)[O-])C(F)(F)C2)c1. The number of nitro benzene ring substituents is 1. The van der Waals surface area contributed by atoms with Crippen molar-refractivity contribution in [2.75, 3.05) is 77.2 Å². The van der Waals surface area contributed by atoms with Crippen LogP contribution in [0.25, 0.3) is 0 Å². The fourth-order valence-corrected chi connectivity index (χ4v) is 5.21. The lowest BCUT2D eigenvalue weighted by Crippen LogP contribution is -2.49. The van der Waals surface area contributed by atoms with Crippen LogP contribution in [0.4, 0.5) is 25.8 Å². The number of halogens is 3. The molecule has 2 amide bonds. The summed E-state index contributed by atoms with van der Waals surface area (Å²) in [6, 6.07) is 2.38. The van der Waals surface area contributed by atoms with E-state index in [-0.39, 0.29) is 21.3 Å². The first kappa shape index (κ1) is 29.6. The quantitative estimate of drug-likeness (QED) is 0.319. The summed E-state index contributed by atoms with van der Waals surface area (Å²) in [6.45, 7) is 1.80. The van der Waals surface area contributed by atoms with Gasteiger partial charge >= 0.3 is 0 Å². The number of hydrogen-bond donors (Lipinski definition) is 2. The number of hydrogen-bond acceptors (Lipinski definition) is 9. The number of amides is 2. The number of rotatable bonds is 9. The first-order chi connectivity index (χ1) is 19.0. The van der Waals surface area contributed by atoms with E-state index in [1.807, 2.05) is 0 Å². The van der Waals surface area contributed by atoms with E-state index in [2.05, 4.69) is 36.4 Å². The predicted octanol–water partition coefficient (Wildman–Crippen LogP) is 2.77. The third-order valence-electron chi connectivity index (χ3n) is 6.97. The highest BCUT2D eigenvalue weighted by molar-refractivity contribution is 9.10. The third kappa shape index (κ3) is 6.47. The Morgan fingerprint density at radius 2 is 1.90 bits per heavy atom. The Morgan fingerprint density at radius 1 is 1.18 bits per heavy atom. The highest BCUT2D eigenvalue weighted by Crippen LogP contribution is 2.38. The molecule has 2 fully saturated rings. The predicted molar refractivity (Wildman–Crippen MR) is 147 cm³/mol. The van der Waals surface area contributed by atoms with E-state index in [1.165, 1.54) is 24.5 Å². The van der Waals surface area contributed by atoms with Gasteiger partial charge in [-0.15, -0.1) is 0 Å². The molecule has 216 valence electrons. The van der Waals surface area contributed by atoms with Crippen LogP contribution in [-0.4, -0.2) is 115 Å². The molecule has 1 aromatic heterocycles. The average Bonchev–Trinajstić information content (AvgIpc) is 3.25. The summed E-state index contributed by atoms with van der Waals surface area (Å²) in [5.41, 5.74) is -0.267. The summed E-state index contributed by atoms with van der Waals surface area (Å²) in [7, 11) is 3.25. The molecule has 2 aromatic rings. The Kier molecular flexibility index (Phi) is 9.15. The van der Waals surface area contributed by atoms with Crippen molar-refractivity contribution in [3.05, 3.63) is 56.3 Å². The van der Waals surface area contributed by atoms with E-state index in [0.29, 0.717) is 45.0 Å². The fourth-order valence-electron chi connectivity index (χ4n) is 4.76. The Hall–Kier alpha value is -3.43. The number of anilines is 2. The third-order valence-corrected chi connectivity index (χ3v) is 7.43. The lowest BCUT2D eigenvalue weighted by atomic mass is 10.1. The molecule has 4 rings (SSSR count). The molecule has 1 atom stereocenters. The summed E-state index contributed by atoms with van der Waals surface area (Å²) < 4.78 is 35.8. The molecule has 0 radical (unpaired) electrons. The number of carbonyl (C=O) groups is 2. The Bertz CT molecular complexity index is 1280. The van der Waals surface area contributed by atoms with Crippen molar-refractivity contribution in [2.24, 2.45) is 0 Å². The maximum absolute atomic E-state index is 15.2. The molecule has 0 saturated carbocycles. The van der Waals surface area contributed by atoms with Crippen LogP contribution in [0.2, 0.25) is 0 Å². The zero-order chi connectivity index (χ0) is 29.0. The molecule has 2 aliphatic rings. The first-order valence-corrected chi connectivity index (χ1v) is 13.4. The van der Waals surface area contributed by atoms with Gasteiger partial charge in [-0.05, 0) is 12.1 Å². The van der Waals surface area contributed by atoms with Gasteiger partial charge in [0.1, 0.15) is 11.7 Å². The molecule has 0 bridgehead atoms. The van der Waals surface area contributed by atoms with Crippen molar-refractivity contribution in [1.29, 1.82) is 0 Å². The molecule has 15 heteroatoms. The van der Waals surface area contributed by atoms with Gasteiger partial charge in [0.05, 0.1) is 34.9 Å². The van der Waals surface area contributed by atoms with Gasteiger partial charge in [-0.25, -0.2) is 8.78 Å². The maximum Gasteiger partial charge on any atom is 0.294 e. The molecular weight excluding hydrogens is 596 g/mol. The van der Waals surface area contributed by atoms with E-state index in [1.54, 1.807) is 19.1 Å². The number of ether oxygens (including phenoxy) is 1. The normalized spacial score (nSPS) is 19.0. The van der Waals surface area contributed by atoms with Gasteiger partial charge in [0.2, 0.25) is 0 Å². The number of alkyl halides is 2. The van der Waals surface area contributed by atoms with E-state index in [9.17, 15) is 19.7 Å². The number of likely N-dealkylation sites (tertiary alicyclic amines) is 1. The average molecular weight is 626 g/mol. The number of pyridine rings is 1. The monoisotopic (exact) mass is 625 g/mol. The minimum absolute atomic E-state index is 0.0992. The molecule has 1 aromatic carbocycles. The Balaban J connectivity index is 1.59. The summed E-state index contributed by atoms with van der Waals surface area (Å²) in [6.07, 6.45) is 2.78. The molecule has 12 nitrogen and oxygen atoms in total. The topological polar surface area (TPSA) is 133 Å². The molecule has 3 heterocycles. The van der Waals surface area contributed by atoms with E-state index >= 15 is 8.78 Å². The number of carbonyl (C=O) groups excluding carboxylic acids is 2. The van der Waals surface area contributed by atoms with Crippen molar-refractivity contribution in [2.45, 2.75) is 12.0 Å². The van der Waals surface area contributed by atoms with Crippen molar-refractivity contribution in [1.82, 2.24) is 19.7 Å². The largest absolute Gasteiger partial charge is 0.387 e. The summed E-state index contributed by atoms with van der Waals surface area (Å²) in [5.74, 6) is -4.60. The number of benzene rings is 1. The Labute approximate surface area is 237 Å². The van der Waals surface area contributed by atoms with E-state index in [0.717, 1.165) is 11.0 Å². The van der Waals surface area contributed by atoms with Crippen LogP contribution in [0, 0.1) is 10.1 Å². The van der Waals surface area contributed by atoms with Crippen LogP contribution in [-0.2, 0) is 4.74 Å². The maximum atomic E-state index is 15.2. The standard InChI is InChI=1S/C25H30BrF2N7O5/c1-29-18-9-16(12-30-13-18)23(36)34-14-21(25(27,28)15-34)31-22-19(10-17(26)11-20(22)35(38)39)24(37)33-5-3-32(4-6-33)7-8-40-2/h9-13,21,29,31H,3-8,14-15H2,1-2H3. The summed E-state index contributed by atoms with van der Waals surface area (Å²) in [5, 5.41) is 17.4. The first-order valence-electron chi connectivity index (χ1n) is 12.6. The molecule has 1 unspecified atom stereocenters. The summed E-state index contributed by atoms with van der Waals surface area (Å²) >= 11 is 3.21. The smallest absolute Gasteiger partial charge is 0.294 e. The molecule has 2 N–H and O–H groups in total. The van der Waals surface area contributed by atoms with Crippen molar-refractivity contribution >= 4 is 44.8 Å². The second-order valence-electron chi connectivity index (χ2n) is 9.59. The van der Waals surface area contributed by atoms with Crippen LogP contribution in [0.5, 0.6) is 0 Å². The number of aromatic nitrogens is 1. The van der Waals surface area contributed by atoms with Gasteiger partial charge in [0.25, 0.3) is 23.4 Å². The van der Waals surface area contributed by atoms with Gasteiger partial charge < -0.3 is 25.2 Å². The van der Waals surface area contributed by atoms with Gasteiger partial charge in [0.15, 0.2) is 0 Å². The van der Waals surface area contributed by atoms with Gasteiger partial charge in [-0.1, -0.05) is 15.9 Å². The zero-order valence-electron chi connectivity index (χ0n) is 22.0.